The molecular formula is C14H22N4. The number of nitrogens with zero attached hydrogens (tertiary/aromatic N) is 4. The first-order valence-corrected chi connectivity index (χ1v) is 6.38. The van der Waals surface area contributed by atoms with E-state index in [0.717, 1.165) is 38.2 Å². The van der Waals surface area contributed by atoms with Gasteiger partial charge in [0, 0.05) is 18.3 Å². The number of pyridine rings is 1. The van der Waals surface area contributed by atoms with Gasteiger partial charge in [-0.25, -0.2) is 4.98 Å². The van der Waals surface area contributed by atoms with E-state index in [4.69, 9.17) is 5.26 Å². The molecule has 4 nitrogen and oxygen atoms in total. The second-order valence-electron chi connectivity index (χ2n) is 4.65. The van der Waals surface area contributed by atoms with Crippen molar-refractivity contribution in [2.45, 2.75) is 19.9 Å². The molecule has 0 radical (unpaired) electrons. The summed E-state index contributed by atoms with van der Waals surface area (Å²) in [4.78, 5) is 8.64. The van der Waals surface area contributed by atoms with Crippen LogP contribution in [0.2, 0.25) is 0 Å². The van der Waals surface area contributed by atoms with Crippen LogP contribution in [-0.2, 0) is 6.54 Å². The van der Waals surface area contributed by atoms with Gasteiger partial charge in [0.05, 0.1) is 0 Å². The Hall–Kier alpha value is -1.44. The molecule has 0 bridgehead atoms. The molecule has 0 aromatic carbocycles. The van der Waals surface area contributed by atoms with Gasteiger partial charge in [-0.1, -0.05) is 13.0 Å². The van der Waals surface area contributed by atoms with Gasteiger partial charge >= 0.3 is 0 Å². The molecule has 0 N–H and O–H groups in total. The van der Waals surface area contributed by atoms with Crippen LogP contribution in [-0.4, -0.2) is 48.5 Å². The van der Waals surface area contributed by atoms with Gasteiger partial charge in [-0.2, -0.15) is 5.26 Å². The first kappa shape index (κ1) is 14.6. The van der Waals surface area contributed by atoms with E-state index in [1.165, 1.54) is 0 Å². The molecule has 0 saturated heterocycles. The van der Waals surface area contributed by atoms with Gasteiger partial charge in [0.25, 0.3) is 0 Å². The lowest BCUT2D eigenvalue weighted by Gasteiger charge is -2.21. The summed E-state index contributed by atoms with van der Waals surface area (Å²) in [6.07, 6.45) is 2.81. The average molecular weight is 246 g/mol. The predicted molar refractivity (Wildman–Crippen MR) is 73.1 cm³/mol. The molecule has 0 amide bonds. The highest BCUT2D eigenvalue weighted by molar-refractivity contribution is 5.30. The van der Waals surface area contributed by atoms with E-state index in [-0.39, 0.29) is 0 Å². The molecule has 0 aliphatic heterocycles. The third-order valence-corrected chi connectivity index (χ3v) is 2.92. The highest BCUT2D eigenvalue weighted by atomic mass is 15.1. The van der Waals surface area contributed by atoms with Crippen molar-refractivity contribution in [3.05, 3.63) is 29.6 Å². The van der Waals surface area contributed by atoms with Crippen LogP contribution in [0.5, 0.6) is 0 Å². The van der Waals surface area contributed by atoms with Crippen LogP contribution < -0.4 is 0 Å². The largest absolute Gasteiger partial charge is 0.309 e. The van der Waals surface area contributed by atoms with Crippen molar-refractivity contribution < 1.29 is 0 Å². The van der Waals surface area contributed by atoms with Gasteiger partial charge in [0.15, 0.2) is 0 Å². The van der Waals surface area contributed by atoms with Gasteiger partial charge in [0.1, 0.15) is 11.8 Å². The lowest BCUT2D eigenvalue weighted by molar-refractivity contribution is 0.259. The zero-order chi connectivity index (χ0) is 13.4. The van der Waals surface area contributed by atoms with Gasteiger partial charge in [0.2, 0.25) is 0 Å². The quantitative estimate of drug-likeness (QED) is 0.735. The minimum absolute atomic E-state index is 0.545. The van der Waals surface area contributed by atoms with Crippen LogP contribution in [0.1, 0.15) is 24.6 Å². The van der Waals surface area contributed by atoms with Crippen LogP contribution in [0.15, 0.2) is 18.3 Å². The topological polar surface area (TPSA) is 43.2 Å². The SMILES string of the molecule is CCN(CCCN(C)C)Cc1cccnc1C#N. The molecule has 0 fully saturated rings. The summed E-state index contributed by atoms with van der Waals surface area (Å²) >= 11 is 0. The Morgan fingerprint density at radius 1 is 1.33 bits per heavy atom. The zero-order valence-electron chi connectivity index (χ0n) is 11.6. The van der Waals surface area contributed by atoms with Gasteiger partial charge in [-0.15, -0.1) is 0 Å². The Balaban J connectivity index is 2.55. The van der Waals surface area contributed by atoms with E-state index in [1.807, 2.05) is 12.1 Å². The molecule has 0 aliphatic rings. The van der Waals surface area contributed by atoms with Crippen LogP contribution in [0, 0.1) is 11.3 Å². The maximum absolute atomic E-state index is 9.02. The second-order valence-corrected chi connectivity index (χ2v) is 4.65. The minimum atomic E-state index is 0.545. The fraction of sp³-hybridized carbons (Fsp3) is 0.571. The summed E-state index contributed by atoms with van der Waals surface area (Å²) in [7, 11) is 4.18. The molecule has 1 aromatic heterocycles. The average Bonchev–Trinajstić information content (AvgIpc) is 2.37. The smallest absolute Gasteiger partial charge is 0.144 e. The van der Waals surface area contributed by atoms with Gasteiger partial charge < -0.3 is 4.90 Å². The first-order valence-electron chi connectivity index (χ1n) is 6.38. The van der Waals surface area contributed by atoms with E-state index >= 15 is 0 Å². The third kappa shape index (κ3) is 4.82. The summed E-state index contributed by atoms with van der Waals surface area (Å²) in [5, 5.41) is 9.02. The third-order valence-electron chi connectivity index (χ3n) is 2.92. The molecule has 1 heterocycles. The lowest BCUT2D eigenvalue weighted by Crippen LogP contribution is -2.27. The van der Waals surface area contributed by atoms with Crippen LogP contribution in [0.3, 0.4) is 0 Å². The van der Waals surface area contributed by atoms with Gasteiger partial charge in [-0.05, 0) is 46.2 Å². The Bertz CT molecular complexity index is 395. The van der Waals surface area contributed by atoms with Crippen LogP contribution in [0.4, 0.5) is 0 Å². The fourth-order valence-corrected chi connectivity index (χ4v) is 1.87. The van der Waals surface area contributed by atoms with Crippen molar-refractivity contribution in [1.82, 2.24) is 14.8 Å². The summed E-state index contributed by atoms with van der Waals surface area (Å²) in [6.45, 7) is 6.09. The molecule has 1 aromatic rings. The second kappa shape index (κ2) is 7.80. The Kier molecular flexibility index (Phi) is 6.34. The molecule has 98 valence electrons. The monoisotopic (exact) mass is 246 g/mol. The lowest BCUT2D eigenvalue weighted by atomic mass is 10.2. The van der Waals surface area contributed by atoms with Crippen molar-refractivity contribution >= 4 is 0 Å². The molecule has 0 unspecified atom stereocenters. The maximum Gasteiger partial charge on any atom is 0.144 e. The number of aromatic nitrogens is 1. The summed E-state index contributed by atoms with van der Waals surface area (Å²) in [5.74, 6) is 0. The van der Waals surface area contributed by atoms with E-state index in [2.05, 4.69) is 41.9 Å². The van der Waals surface area contributed by atoms with Crippen LogP contribution in [0.25, 0.3) is 0 Å². The minimum Gasteiger partial charge on any atom is -0.309 e. The molecule has 0 aliphatic carbocycles. The van der Waals surface area contributed by atoms with Crippen LogP contribution >= 0.6 is 0 Å². The van der Waals surface area contributed by atoms with E-state index in [1.54, 1.807) is 6.20 Å². The first-order chi connectivity index (χ1) is 8.67. The number of nitriles is 1. The molecule has 4 heteroatoms. The Labute approximate surface area is 110 Å². The molecule has 1 rings (SSSR count). The maximum atomic E-state index is 9.02. The standard InChI is InChI=1S/C14H22N4/c1-4-18(10-6-9-17(2)3)12-13-7-5-8-16-14(13)11-15/h5,7-8H,4,6,9-10,12H2,1-3H3. The molecule has 18 heavy (non-hydrogen) atoms. The van der Waals surface area contributed by atoms with E-state index in [9.17, 15) is 0 Å². The van der Waals surface area contributed by atoms with E-state index in [0.29, 0.717) is 5.69 Å². The molecule has 0 spiro atoms. The molecule has 0 saturated carbocycles. The number of rotatable bonds is 7. The Morgan fingerprint density at radius 2 is 2.11 bits per heavy atom. The van der Waals surface area contributed by atoms with Crippen molar-refractivity contribution in [3.63, 3.8) is 0 Å². The Morgan fingerprint density at radius 3 is 2.72 bits per heavy atom. The van der Waals surface area contributed by atoms with Crippen molar-refractivity contribution in [1.29, 1.82) is 5.26 Å². The highest BCUT2D eigenvalue weighted by Gasteiger charge is 2.08. The normalized spacial score (nSPS) is 10.9. The summed E-state index contributed by atoms with van der Waals surface area (Å²) in [5.41, 5.74) is 1.57. The molecule has 0 atom stereocenters. The van der Waals surface area contributed by atoms with Crippen molar-refractivity contribution in [2.24, 2.45) is 0 Å². The van der Waals surface area contributed by atoms with Gasteiger partial charge in [-0.3, -0.25) is 4.90 Å². The fourth-order valence-electron chi connectivity index (χ4n) is 1.87. The predicted octanol–water partition coefficient (Wildman–Crippen LogP) is 1.73. The number of hydrogen-bond acceptors (Lipinski definition) is 4. The highest BCUT2D eigenvalue weighted by Crippen LogP contribution is 2.08. The number of hydrogen-bond donors (Lipinski definition) is 0. The molecular weight excluding hydrogens is 224 g/mol. The van der Waals surface area contributed by atoms with E-state index < -0.39 is 0 Å². The summed E-state index contributed by atoms with van der Waals surface area (Å²) < 4.78 is 0. The van der Waals surface area contributed by atoms with Crippen molar-refractivity contribution in [3.8, 4) is 6.07 Å². The van der Waals surface area contributed by atoms with Crippen molar-refractivity contribution in [2.75, 3.05) is 33.7 Å². The summed E-state index contributed by atoms with van der Waals surface area (Å²) in [6, 6.07) is 6.03. The zero-order valence-corrected chi connectivity index (χ0v) is 11.6.